The second-order valence-electron chi connectivity index (χ2n) is 4.62. The summed E-state index contributed by atoms with van der Waals surface area (Å²) in [5, 5.41) is 3.40. The summed E-state index contributed by atoms with van der Waals surface area (Å²) in [7, 11) is 0. The smallest absolute Gasteiger partial charge is 0.0890 e. The maximum Gasteiger partial charge on any atom is 0.0890 e. The second kappa shape index (κ2) is 5.59. The number of halogens is 1. The number of hydrogen-bond donors (Lipinski definition) is 1. The van der Waals surface area contributed by atoms with Crippen LogP contribution in [0.4, 0.5) is 5.69 Å². The van der Waals surface area contributed by atoms with Gasteiger partial charge in [0.2, 0.25) is 0 Å². The number of rotatable bonds is 3. The molecule has 0 aliphatic rings. The van der Waals surface area contributed by atoms with Crippen LogP contribution < -0.4 is 5.32 Å². The molecule has 0 unspecified atom stereocenters. The molecule has 3 nitrogen and oxygen atoms in total. The lowest BCUT2D eigenvalue weighted by molar-refractivity contribution is 1.04. The van der Waals surface area contributed by atoms with Crippen LogP contribution in [0, 0.1) is 6.92 Å². The molecule has 1 aromatic heterocycles. The van der Waals surface area contributed by atoms with Crippen LogP contribution in [0.2, 0.25) is 0 Å². The lowest BCUT2D eigenvalue weighted by Crippen LogP contribution is -2.04. The van der Waals surface area contributed by atoms with Gasteiger partial charge in [0, 0.05) is 10.2 Å². The van der Waals surface area contributed by atoms with Crippen molar-refractivity contribution in [2.75, 3.05) is 5.32 Å². The van der Waals surface area contributed by atoms with Crippen molar-refractivity contribution in [3.05, 3.63) is 64.4 Å². The first-order chi connectivity index (χ1) is 9.74. The molecule has 0 bridgehead atoms. The van der Waals surface area contributed by atoms with Crippen molar-refractivity contribution in [2.45, 2.75) is 13.5 Å². The first kappa shape index (κ1) is 13.1. The van der Waals surface area contributed by atoms with Crippen molar-refractivity contribution >= 4 is 32.7 Å². The Kier molecular flexibility index (Phi) is 3.65. The summed E-state index contributed by atoms with van der Waals surface area (Å²) < 4.78 is 1.10. The Bertz CT molecular complexity index is 756. The largest absolute Gasteiger partial charge is 0.379 e. The molecule has 0 saturated heterocycles. The summed E-state index contributed by atoms with van der Waals surface area (Å²) in [5.41, 5.74) is 5.09. The van der Waals surface area contributed by atoms with E-state index in [0.717, 1.165) is 26.9 Å². The number of para-hydroxylation sites is 2. The van der Waals surface area contributed by atoms with Crippen LogP contribution in [0.3, 0.4) is 0 Å². The first-order valence-electron chi connectivity index (χ1n) is 6.44. The maximum atomic E-state index is 4.61. The highest BCUT2D eigenvalue weighted by Gasteiger charge is 2.03. The minimum Gasteiger partial charge on any atom is -0.379 e. The van der Waals surface area contributed by atoms with Crippen molar-refractivity contribution in [1.29, 1.82) is 0 Å². The Balaban J connectivity index is 1.81. The number of anilines is 1. The van der Waals surface area contributed by atoms with Crippen LogP contribution >= 0.6 is 15.9 Å². The summed E-state index contributed by atoms with van der Waals surface area (Å²) in [6.07, 6.45) is 1.82. The molecule has 0 amide bonds. The van der Waals surface area contributed by atoms with Crippen molar-refractivity contribution in [1.82, 2.24) is 9.97 Å². The van der Waals surface area contributed by atoms with Crippen LogP contribution in [0.5, 0.6) is 0 Å². The molecule has 0 aliphatic heterocycles. The van der Waals surface area contributed by atoms with Gasteiger partial charge >= 0.3 is 0 Å². The van der Waals surface area contributed by atoms with Gasteiger partial charge in [-0.1, -0.05) is 34.1 Å². The molecule has 20 heavy (non-hydrogen) atoms. The number of benzene rings is 2. The van der Waals surface area contributed by atoms with E-state index in [-0.39, 0.29) is 0 Å². The van der Waals surface area contributed by atoms with E-state index in [1.54, 1.807) is 0 Å². The Morgan fingerprint density at radius 3 is 2.70 bits per heavy atom. The highest BCUT2D eigenvalue weighted by molar-refractivity contribution is 9.10. The highest BCUT2D eigenvalue weighted by Crippen LogP contribution is 2.23. The standard InChI is InChI=1S/C16H14BrN3/c1-11-13(17)5-4-8-14(11)18-9-12-10-19-15-6-2-3-7-16(15)20-12/h2-8,10,18H,9H2,1H3. The Morgan fingerprint density at radius 1 is 1.05 bits per heavy atom. The Hall–Kier alpha value is -1.94. The summed E-state index contributed by atoms with van der Waals surface area (Å²) in [6, 6.07) is 14.0. The molecule has 0 radical (unpaired) electrons. The third-order valence-electron chi connectivity index (χ3n) is 3.23. The summed E-state index contributed by atoms with van der Waals surface area (Å²) in [4.78, 5) is 9.03. The van der Waals surface area contributed by atoms with Crippen LogP contribution in [0.1, 0.15) is 11.3 Å². The predicted molar refractivity (Wildman–Crippen MR) is 85.7 cm³/mol. The lowest BCUT2D eigenvalue weighted by Gasteiger charge is -2.10. The normalized spacial score (nSPS) is 10.7. The topological polar surface area (TPSA) is 37.8 Å². The van der Waals surface area contributed by atoms with Crippen LogP contribution in [-0.4, -0.2) is 9.97 Å². The Morgan fingerprint density at radius 2 is 1.85 bits per heavy atom. The predicted octanol–water partition coefficient (Wildman–Crippen LogP) is 4.31. The molecular formula is C16H14BrN3. The van der Waals surface area contributed by atoms with Crippen molar-refractivity contribution in [2.24, 2.45) is 0 Å². The molecule has 0 spiro atoms. The van der Waals surface area contributed by atoms with E-state index in [4.69, 9.17) is 0 Å². The molecule has 0 saturated carbocycles. The van der Waals surface area contributed by atoms with E-state index in [1.165, 1.54) is 5.56 Å². The van der Waals surface area contributed by atoms with Gasteiger partial charge < -0.3 is 5.32 Å². The van der Waals surface area contributed by atoms with Gasteiger partial charge in [-0.3, -0.25) is 4.98 Å². The van der Waals surface area contributed by atoms with Gasteiger partial charge in [-0.2, -0.15) is 0 Å². The van der Waals surface area contributed by atoms with Gasteiger partial charge in [-0.25, -0.2) is 4.98 Å². The first-order valence-corrected chi connectivity index (χ1v) is 7.23. The average molecular weight is 328 g/mol. The summed E-state index contributed by atoms with van der Waals surface area (Å²) >= 11 is 3.54. The van der Waals surface area contributed by atoms with Crippen molar-refractivity contribution in [3.63, 3.8) is 0 Å². The van der Waals surface area contributed by atoms with E-state index < -0.39 is 0 Å². The lowest BCUT2D eigenvalue weighted by atomic mass is 10.2. The number of fused-ring (bicyclic) bond motifs is 1. The SMILES string of the molecule is Cc1c(Br)cccc1NCc1cnc2ccccc2n1. The fourth-order valence-electron chi connectivity index (χ4n) is 2.07. The van der Waals surface area contributed by atoms with Gasteiger partial charge in [0.15, 0.2) is 0 Å². The molecular weight excluding hydrogens is 314 g/mol. The van der Waals surface area contributed by atoms with Crippen LogP contribution in [0.25, 0.3) is 11.0 Å². The summed E-state index contributed by atoms with van der Waals surface area (Å²) in [6.45, 7) is 2.74. The van der Waals surface area contributed by atoms with Gasteiger partial charge in [-0.05, 0) is 36.8 Å². The van der Waals surface area contributed by atoms with E-state index in [9.17, 15) is 0 Å². The molecule has 0 fully saturated rings. The monoisotopic (exact) mass is 327 g/mol. The molecule has 100 valence electrons. The van der Waals surface area contributed by atoms with Gasteiger partial charge in [-0.15, -0.1) is 0 Å². The third kappa shape index (κ3) is 2.65. The third-order valence-corrected chi connectivity index (χ3v) is 4.09. The molecule has 0 aliphatic carbocycles. The molecule has 3 rings (SSSR count). The minimum atomic E-state index is 0.662. The fraction of sp³-hybridized carbons (Fsp3) is 0.125. The average Bonchev–Trinajstić information content (AvgIpc) is 2.48. The number of nitrogens with one attached hydrogen (secondary N) is 1. The van der Waals surface area contributed by atoms with E-state index in [1.807, 2.05) is 42.6 Å². The quantitative estimate of drug-likeness (QED) is 0.778. The zero-order valence-electron chi connectivity index (χ0n) is 11.1. The van der Waals surface area contributed by atoms with Gasteiger partial charge in [0.25, 0.3) is 0 Å². The van der Waals surface area contributed by atoms with E-state index >= 15 is 0 Å². The molecule has 0 atom stereocenters. The minimum absolute atomic E-state index is 0.662. The zero-order valence-corrected chi connectivity index (χ0v) is 12.7. The second-order valence-corrected chi connectivity index (χ2v) is 5.47. The molecule has 1 heterocycles. The van der Waals surface area contributed by atoms with E-state index in [0.29, 0.717) is 6.54 Å². The molecule has 1 N–H and O–H groups in total. The fourth-order valence-corrected chi connectivity index (χ4v) is 2.43. The van der Waals surface area contributed by atoms with Crippen LogP contribution in [0.15, 0.2) is 53.1 Å². The molecule has 2 aromatic carbocycles. The van der Waals surface area contributed by atoms with Crippen molar-refractivity contribution < 1.29 is 0 Å². The van der Waals surface area contributed by atoms with Gasteiger partial charge in [0.05, 0.1) is 29.5 Å². The van der Waals surface area contributed by atoms with Crippen LogP contribution in [-0.2, 0) is 6.54 Å². The molecule has 3 aromatic rings. The van der Waals surface area contributed by atoms with Crippen molar-refractivity contribution in [3.8, 4) is 0 Å². The highest BCUT2D eigenvalue weighted by atomic mass is 79.9. The number of hydrogen-bond acceptors (Lipinski definition) is 3. The molecule has 4 heteroatoms. The maximum absolute atomic E-state index is 4.61. The number of nitrogens with zero attached hydrogens (tertiary/aromatic N) is 2. The zero-order chi connectivity index (χ0) is 13.9. The van der Waals surface area contributed by atoms with Gasteiger partial charge in [0.1, 0.15) is 0 Å². The number of aromatic nitrogens is 2. The summed E-state index contributed by atoms with van der Waals surface area (Å²) in [5.74, 6) is 0. The van der Waals surface area contributed by atoms with E-state index in [2.05, 4.69) is 44.2 Å². The Labute approximate surface area is 126 Å².